The molecule has 29 heavy (non-hydrogen) atoms. The Morgan fingerprint density at radius 3 is 1.93 bits per heavy atom. The molecule has 3 heteroatoms. The molecule has 1 heterocycles. The molecule has 0 fully saturated rings. The SMILES string of the molecule is C=CCc1ccccc1C(=O)C(=O)c1c(CC=C)c(CC=C)c2c(c1CC=C)O2. The molecule has 1 aliphatic rings. The van der Waals surface area contributed by atoms with Gasteiger partial charge in [0.25, 0.3) is 0 Å². The Balaban J connectivity index is 2.19. The van der Waals surface area contributed by atoms with Gasteiger partial charge in [-0.05, 0) is 36.8 Å². The highest BCUT2D eigenvalue weighted by Gasteiger charge is 2.37. The number of carbonyl (C=O) groups excluding carboxylic acids is 2. The monoisotopic (exact) mass is 384 g/mol. The summed E-state index contributed by atoms with van der Waals surface area (Å²) in [6.07, 6.45) is 8.93. The zero-order valence-corrected chi connectivity index (χ0v) is 16.5. The molecule has 0 N–H and O–H groups in total. The van der Waals surface area contributed by atoms with Gasteiger partial charge in [0.1, 0.15) is 0 Å². The predicted molar refractivity (Wildman–Crippen MR) is 117 cm³/mol. The minimum Gasteiger partial charge on any atom is -0.449 e. The van der Waals surface area contributed by atoms with Crippen LogP contribution in [-0.2, 0) is 25.7 Å². The number of fused-ring (bicyclic) bond motifs is 1. The van der Waals surface area contributed by atoms with Crippen molar-refractivity contribution >= 4 is 11.6 Å². The molecule has 1 aliphatic heterocycles. The van der Waals surface area contributed by atoms with E-state index in [1.807, 2.05) is 12.1 Å². The van der Waals surface area contributed by atoms with Crippen molar-refractivity contribution in [3.05, 3.63) is 108 Å². The first kappa shape index (κ1) is 20.3. The topological polar surface area (TPSA) is 46.7 Å². The van der Waals surface area contributed by atoms with Crippen LogP contribution in [0.2, 0.25) is 0 Å². The van der Waals surface area contributed by atoms with Crippen LogP contribution in [0.25, 0.3) is 0 Å². The van der Waals surface area contributed by atoms with Crippen LogP contribution in [0.15, 0.2) is 74.9 Å². The summed E-state index contributed by atoms with van der Waals surface area (Å²) in [4.78, 5) is 26.8. The molecule has 0 spiro atoms. The van der Waals surface area contributed by atoms with Gasteiger partial charge < -0.3 is 4.74 Å². The largest absolute Gasteiger partial charge is 0.449 e. The van der Waals surface area contributed by atoms with Crippen molar-refractivity contribution in [2.24, 2.45) is 0 Å². The molecule has 2 aromatic rings. The zero-order chi connectivity index (χ0) is 21.0. The quantitative estimate of drug-likeness (QED) is 0.182. The van der Waals surface area contributed by atoms with Gasteiger partial charge in [-0.15, -0.1) is 26.3 Å². The number of benzene rings is 2. The maximum atomic E-state index is 13.5. The summed E-state index contributed by atoms with van der Waals surface area (Å²) in [5.41, 5.74) is 4.01. The molecule has 0 aromatic heterocycles. The van der Waals surface area contributed by atoms with E-state index >= 15 is 0 Å². The number of allylic oxidation sites excluding steroid dienone is 4. The van der Waals surface area contributed by atoms with Crippen molar-refractivity contribution in [2.75, 3.05) is 0 Å². The number of rotatable bonds is 11. The minimum absolute atomic E-state index is 0.405. The molecular weight excluding hydrogens is 360 g/mol. The average Bonchev–Trinajstić information content (AvgIpc) is 3.51. The predicted octanol–water partition coefficient (Wildman–Crippen LogP) is 5.77. The van der Waals surface area contributed by atoms with Crippen molar-refractivity contribution in [1.29, 1.82) is 0 Å². The third-order valence-electron chi connectivity index (χ3n) is 4.99. The highest BCUT2D eigenvalue weighted by molar-refractivity contribution is 6.50. The zero-order valence-electron chi connectivity index (χ0n) is 16.5. The van der Waals surface area contributed by atoms with Gasteiger partial charge in [0.2, 0.25) is 11.6 Å². The van der Waals surface area contributed by atoms with Crippen molar-refractivity contribution < 1.29 is 14.3 Å². The highest BCUT2D eigenvalue weighted by Crippen LogP contribution is 2.55. The van der Waals surface area contributed by atoms with Gasteiger partial charge in [-0.2, -0.15) is 0 Å². The Morgan fingerprint density at radius 2 is 1.28 bits per heavy atom. The van der Waals surface area contributed by atoms with Crippen molar-refractivity contribution in [1.82, 2.24) is 0 Å². The molecule has 0 aliphatic carbocycles. The van der Waals surface area contributed by atoms with Gasteiger partial charge in [0.05, 0.1) is 0 Å². The van der Waals surface area contributed by atoms with Crippen LogP contribution in [0.4, 0.5) is 0 Å². The van der Waals surface area contributed by atoms with Gasteiger partial charge >= 0.3 is 0 Å². The molecule has 0 unspecified atom stereocenters. The molecule has 3 rings (SSSR count). The smallest absolute Gasteiger partial charge is 0.234 e. The number of hydrogen-bond donors (Lipinski definition) is 0. The fourth-order valence-electron chi connectivity index (χ4n) is 3.71. The van der Waals surface area contributed by atoms with E-state index < -0.39 is 11.6 Å². The van der Waals surface area contributed by atoms with E-state index in [-0.39, 0.29) is 0 Å². The van der Waals surface area contributed by atoms with Gasteiger partial charge in [-0.3, -0.25) is 9.59 Å². The van der Waals surface area contributed by atoms with E-state index in [0.29, 0.717) is 42.6 Å². The molecular formula is C26H24O3. The molecule has 2 aromatic carbocycles. The first-order chi connectivity index (χ1) is 14.1. The maximum absolute atomic E-state index is 13.5. The summed E-state index contributed by atoms with van der Waals surface area (Å²) in [5, 5.41) is 0. The molecule has 0 atom stereocenters. The second-order valence-corrected chi connectivity index (χ2v) is 6.86. The minimum atomic E-state index is -0.529. The van der Waals surface area contributed by atoms with Crippen LogP contribution in [0, 0.1) is 0 Å². The van der Waals surface area contributed by atoms with Gasteiger partial charge in [0, 0.05) is 22.3 Å². The summed E-state index contributed by atoms with van der Waals surface area (Å²) >= 11 is 0. The lowest BCUT2D eigenvalue weighted by atomic mass is 9.85. The molecule has 0 saturated carbocycles. The fourth-order valence-corrected chi connectivity index (χ4v) is 3.71. The number of Topliss-reactive ketones (excluding diaryl/α,β-unsaturated/α-hetero) is 2. The van der Waals surface area contributed by atoms with E-state index in [0.717, 1.165) is 28.0 Å². The van der Waals surface area contributed by atoms with Gasteiger partial charge in [0.15, 0.2) is 11.5 Å². The van der Waals surface area contributed by atoms with Crippen molar-refractivity contribution in [2.45, 2.75) is 25.7 Å². The van der Waals surface area contributed by atoms with E-state index in [9.17, 15) is 9.59 Å². The molecule has 0 radical (unpaired) electrons. The Labute approximate surface area is 171 Å². The van der Waals surface area contributed by atoms with Crippen LogP contribution < -0.4 is 4.74 Å². The van der Waals surface area contributed by atoms with Crippen molar-refractivity contribution in [3.8, 4) is 11.5 Å². The Hall–Kier alpha value is -3.46. The van der Waals surface area contributed by atoms with E-state index in [2.05, 4.69) is 26.3 Å². The average molecular weight is 384 g/mol. The highest BCUT2D eigenvalue weighted by atomic mass is 16.6. The molecule has 0 bridgehead atoms. The standard InChI is InChI=1S/C26H24O3/c1-5-11-17-15-9-10-16-18(17)23(27)24(28)22-19(12-6-2)20(13-7-3)25-26(29-25)21(22)14-8-4/h5-10,15-16H,1-4,11-14H2. The fraction of sp³-hybridized carbons (Fsp3) is 0.154. The Morgan fingerprint density at radius 1 is 0.724 bits per heavy atom. The lowest BCUT2D eigenvalue weighted by molar-refractivity contribution is 0.0815. The lowest BCUT2D eigenvalue weighted by Gasteiger charge is -2.14. The summed E-state index contributed by atoms with van der Waals surface area (Å²) < 4.78 is 5.72. The van der Waals surface area contributed by atoms with E-state index in [1.54, 1.807) is 36.4 Å². The maximum Gasteiger partial charge on any atom is 0.234 e. The summed E-state index contributed by atoms with van der Waals surface area (Å²) in [7, 11) is 0. The number of hydrogen-bond acceptors (Lipinski definition) is 3. The van der Waals surface area contributed by atoms with Crippen LogP contribution >= 0.6 is 0 Å². The number of ether oxygens (including phenoxy) is 1. The number of carbonyl (C=O) groups is 2. The molecule has 0 saturated heterocycles. The van der Waals surface area contributed by atoms with Gasteiger partial charge in [-0.25, -0.2) is 0 Å². The summed E-state index contributed by atoms with van der Waals surface area (Å²) in [6.45, 7) is 15.2. The summed E-state index contributed by atoms with van der Waals surface area (Å²) in [6, 6.07) is 7.15. The Kier molecular flexibility index (Phi) is 6.08. The van der Waals surface area contributed by atoms with E-state index in [4.69, 9.17) is 4.74 Å². The molecule has 3 nitrogen and oxygen atoms in total. The van der Waals surface area contributed by atoms with Crippen LogP contribution in [0.1, 0.15) is 43.0 Å². The first-order valence-corrected chi connectivity index (χ1v) is 9.57. The molecule has 146 valence electrons. The second-order valence-electron chi connectivity index (χ2n) is 6.86. The third-order valence-corrected chi connectivity index (χ3v) is 4.99. The third kappa shape index (κ3) is 3.77. The van der Waals surface area contributed by atoms with Crippen LogP contribution in [-0.4, -0.2) is 11.6 Å². The van der Waals surface area contributed by atoms with Crippen LogP contribution in [0.3, 0.4) is 0 Å². The lowest BCUT2D eigenvalue weighted by Crippen LogP contribution is -2.20. The second kappa shape index (κ2) is 8.70. The van der Waals surface area contributed by atoms with Crippen molar-refractivity contribution in [3.63, 3.8) is 0 Å². The normalized spacial score (nSPS) is 11.0. The number of ketones is 2. The first-order valence-electron chi connectivity index (χ1n) is 9.57. The summed E-state index contributed by atoms with van der Waals surface area (Å²) in [5.74, 6) is 0.418. The Bertz CT molecular complexity index is 1040. The van der Waals surface area contributed by atoms with Crippen LogP contribution in [0.5, 0.6) is 11.5 Å². The van der Waals surface area contributed by atoms with Gasteiger partial charge in [-0.1, -0.05) is 48.6 Å². The molecule has 0 amide bonds. The van der Waals surface area contributed by atoms with E-state index in [1.165, 1.54) is 0 Å².